The van der Waals surface area contributed by atoms with Gasteiger partial charge in [0.2, 0.25) is 11.8 Å². The van der Waals surface area contributed by atoms with Gasteiger partial charge in [0.15, 0.2) is 5.78 Å². The van der Waals surface area contributed by atoms with E-state index in [0.29, 0.717) is 18.4 Å². The lowest BCUT2D eigenvalue weighted by Crippen LogP contribution is -2.60. The number of nitriles is 2. The molecule has 27 heavy (non-hydrogen) atoms. The number of imide groups is 1. The molecule has 6 nitrogen and oxygen atoms in total. The first kappa shape index (κ1) is 18.8. The number of carbonyl (C=O) groups excluding carboxylic acids is 3. The van der Waals surface area contributed by atoms with E-state index in [1.807, 2.05) is 19.1 Å². The molecule has 138 valence electrons. The van der Waals surface area contributed by atoms with Gasteiger partial charge in [0, 0.05) is 11.0 Å². The lowest BCUT2D eigenvalue weighted by atomic mass is 9.57. The van der Waals surface area contributed by atoms with Gasteiger partial charge in [-0.1, -0.05) is 49.1 Å². The molecule has 0 radical (unpaired) electrons. The van der Waals surface area contributed by atoms with Crippen molar-refractivity contribution in [1.82, 2.24) is 4.90 Å². The zero-order valence-corrected chi connectivity index (χ0v) is 15.3. The van der Waals surface area contributed by atoms with Crippen molar-refractivity contribution >= 4 is 17.6 Å². The second-order valence-electron chi connectivity index (χ2n) is 7.47. The average molecular weight is 363 g/mol. The van der Waals surface area contributed by atoms with Crippen LogP contribution in [0.5, 0.6) is 0 Å². The fourth-order valence-corrected chi connectivity index (χ4v) is 4.36. The molecule has 2 amide bonds. The summed E-state index contributed by atoms with van der Waals surface area (Å²) >= 11 is 0. The molecule has 0 bridgehead atoms. The van der Waals surface area contributed by atoms with Gasteiger partial charge in [-0.2, -0.15) is 10.5 Å². The minimum Gasteiger partial charge on any atom is -0.292 e. The van der Waals surface area contributed by atoms with Crippen molar-refractivity contribution in [2.24, 2.45) is 17.3 Å². The Kier molecular flexibility index (Phi) is 5.10. The van der Waals surface area contributed by atoms with E-state index >= 15 is 0 Å². The number of nitrogens with zero attached hydrogens (tertiary/aromatic N) is 3. The lowest BCUT2D eigenvalue weighted by molar-refractivity contribution is -0.162. The number of hydrogen-bond donors (Lipinski definition) is 0. The predicted molar refractivity (Wildman–Crippen MR) is 96.0 cm³/mol. The van der Waals surface area contributed by atoms with Crippen molar-refractivity contribution in [3.8, 4) is 12.1 Å². The second-order valence-corrected chi connectivity index (χ2v) is 7.47. The van der Waals surface area contributed by atoms with Crippen LogP contribution in [-0.2, 0) is 9.59 Å². The number of aryl methyl sites for hydroxylation is 1. The maximum absolute atomic E-state index is 12.9. The Balaban J connectivity index is 1.91. The summed E-state index contributed by atoms with van der Waals surface area (Å²) in [6.07, 6.45) is 3.58. The van der Waals surface area contributed by atoms with Gasteiger partial charge in [-0.3, -0.25) is 19.3 Å². The number of benzene rings is 1. The van der Waals surface area contributed by atoms with Gasteiger partial charge in [-0.15, -0.1) is 0 Å². The molecule has 1 saturated heterocycles. The van der Waals surface area contributed by atoms with E-state index in [9.17, 15) is 24.9 Å². The average Bonchev–Trinajstić information content (AvgIpc) is 2.67. The van der Waals surface area contributed by atoms with Crippen molar-refractivity contribution in [2.75, 3.05) is 6.54 Å². The van der Waals surface area contributed by atoms with Gasteiger partial charge in [-0.05, 0) is 19.8 Å². The molecule has 3 rings (SSSR count). The Labute approximate surface area is 158 Å². The summed E-state index contributed by atoms with van der Waals surface area (Å²) in [5.74, 6) is -3.80. The molecular weight excluding hydrogens is 342 g/mol. The van der Waals surface area contributed by atoms with E-state index in [0.717, 1.165) is 29.7 Å². The van der Waals surface area contributed by atoms with Crippen LogP contribution in [0.3, 0.4) is 0 Å². The number of piperidine rings is 1. The Morgan fingerprint density at radius 2 is 1.56 bits per heavy atom. The monoisotopic (exact) mass is 363 g/mol. The number of rotatable bonds is 3. The molecular formula is C21H21N3O3. The fourth-order valence-electron chi connectivity index (χ4n) is 4.36. The first-order valence-corrected chi connectivity index (χ1v) is 9.19. The van der Waals surface area contributed by atoms with Crippen LogP contribution in [0.25, 0.3) is 0 Å². The Hall–Kier alpha value is -2.99. The number of ketones is 1. The normalized spacial score (nSPS) is 24.3. The minimum atomic E-state index is -1.06. The second kappa shape index (κ2) is 7.32. The summed E-state index contributed by atoms with van der Waals surface area (Å²) in [7, 11) is 0. The summed E-state index contributed by atoms with van der Waals surface area (Å²) in [6, 6.07) is 10.9. The molecule has 1 aromatic rings. The summed E-state index contributed by atoms with van der Waals surface area (Å²) in [6.45, 7) is 1.46. The maximum Gasteiger partial charge on any atom is 0.247 e. The van der Waals surface area contributed by atoms with Crippen molar-refractivity contribution in [2.45, 2.75) is 39.0 Å². The summed E-state index contributed by atoms with van der Waals surface area (Å²) < 4.78 is 0. The highest BCUT2D eigenvalue weighted by Crippen LogP contribution is 2.51. The fraction of sp³-hybridized carbons (Fsp3) is 0.476. The van der Waals surface area contributed by atoms with Crippen LogP contribution in [0.4, 0.5) is 0 Å². The molecule has 1 spiro atoms. The molecule has 1 aliphatic carbocycles. The zero-order chi connectivity index (χ0) is 19.6. The molecule has 0 N–H and O–H groups in total. The van der Waals surface area contributed by atoms with Gasteiger partial charge in [-0.25, -0.2) is 0 Å². The van der Waals surface area contributed by atoms with Crippen molar-refractivity contribution in [3.63, 3.8) is 0 Å². The Morgan fingerprint density at radius 1 is 1.04 bits per heavy atom. The topological polar surface area (TPSA) is 102 Å². The van der Waals surface area contributed by atoms with Crippen LogP contribution in [0.15, 0.2) is 24.3 Å². The van der Waals surface area contributed by atoms with Gasteiger partial charge in [0.1, 0.15) is 11.8 Å². The molecule has 2 aliphatic rings. The quantitative estimate of drug-likeness (QED) is 0.607. The predicted octanol–water partition coefficient (Wildman–Crippen LogP) is 2.78. The van der Waals surface area contributed by atoms with Crippen molar-refractivity contribution in [1.29, 1.82) is 10.5 Å². The first-order valence-electron chi connectivity index (χ1n) is 9.19. The number of carbonyl (C=O) groups is 3. The van der Waals surface area contributed by atoms with E-state index in [4.69, 9.17) is 0 Å². The molecule has 2 unspecified atom stereocenters. The van der Waals surface area contributed by atoms with E-state index in [-0.39, 0.29) is 5.78 Å². The maximum atomic E-state index is 12.9. The van der Waals surface area contributed by atoms with Gasteiger partial charge in [0.25, 0.3) is 0 Å². The van der Waals surface area contributed by atoms with Gasteiger partial charge in [0.05, 0.1) is 18.7 Å². The smallest absolute Gasteiger partial charge is 0.247 e. The van der Waals surface area contributed by atoms with E-state index in [1.54, 1.807) is 24.3 Å². The Bertz CT molecular complexity index is 818. The number of amides is 2. The van der Waals surface area contributed by atoms with Crippen LogP contribution in [0.1, 0.15) is 48.0 Å². The van der Waals surface area contributed by atoms with Gasteiger partial charge < -0.3 is 0 Å². The number of likely N-dealkylation sites (tertiary alicyclic amines) is 1. The highest BCUT2D eigenvalue weighted by Gasteiger charge is 2.59. The highest BCUT2D eigenvalue weighted by atomic mass is 16.2. The highest BCUT2D eigenvalue weighted by molar-refractivity contribution is 6.08. The summed E-state index contributed by atoms with van der Waals surface area (Å²) in [5, 5.41) is 19.3. The summed E-state index contributed by atoms with van der Waals surface area (Å²) in [5.41, 5.74) is 0.463. The van der Waals surface area contributed by atoms with Crippen LogP contribution in [0.2, 0.25) is 0 Å². The standard InChI is InChI=1S/C21H21N3O3/c1-14-5-7-15(8-6-14)18(25)13-24-19(26)16(11-22)21(9-3-2-4-10-21)17(12-23)20(24)27/h5-8,16-17H,2-4,9-10,13H2,1H3. The first-order chi connectivity index (χ1) is 12.9. The molecule has 1 aliphatic heterocycles. The zero-order valence-electron chi connectivity index (χ0n) is 15.3. The third kappa shape index (κ3) is 3.13. The third-order valence-corrected chi connectivity index (χ3v) is 5.89. The third-order valence-electron chi connectivity index (χ3n) is 5.89. The largest absolute Gasteiger partial charge is 0.292 e. The van der Waals surface area contributed by atoms with Crippen molar-refractivity contribution < 1.29 is 14.4 Å². The molecule has 1 aromatic carbocycles. The minimum absolute atomic E-state index is 0.385. The molecule has 6 heteroatoms. The van der Waals surface area contributed by atoms with E-state index in [1.165, 1.54) is 0 Å². The van der Waals surface area contributed by atoms with Crippen LogP contribution in [-0.4, -0.2) is 29.0 Å². The molecule has 2 fully saturated rings. The SMILES string of the molecule is Cc1ccc(C(=O)CN2C(=O)C(C#N)C3(CCCCC3)C(C#N)C2=O)cc1. The van der Waals surface area contributed by atoms with Crippen LogP contribution >= 0.6 is 0 Å². The lowest BCUT2D eigenvalue weighted by Gasteiger charge is -2.47. The van der Waals surface area contributed by atoms with Crippen LogP contribution < -0.4 is 0 Å². The van der Waals surface area contributed by atoms with Gasteiger partial charge >= 0.3 is 0 Å². The number of Topliss-reactive ketones (excluding diaryl/α,β-unsaturated/α-hetero) is 1. The molecule has 1 heterocycles. The van der Waals surface area contributed by atoms with E-state index < -0.39 is 35.6 Å². The number of hydrogen-bond acceptors (Lipinski definition) is 5. The van der Waals surface area contributed by atoms with E-state index in [2.05, 4.69) is 0 Å². The molecule has 0 aromatic heterocycles. The summed E-state index contributed by atoms with van der Waals surface area (Å²) in [4.78, 5) is 39.3. The molecule has 2 atom stereocenters. The Morgan fingerprint density at radius 3 is 2.04 bits per heavy atom. The van der Waals surface area contributed by atoms with Crippen LogP contribution in [0, 0.1) is 46.8 Å². The van der Waals surface area contributed by atoms with Crippen molar-refractivity contribution in [3.05, 3.63) is 35.4 Å². The molecule has 1 saturated carbocycles.